The highest BCUT2D eigenvalue weighted by Crippen LogP contribution is 2.19. The van der Waals surface area contributed by atoms with Gasteiger partial charge >= 0.3 is 0 Å². The number of allylic oxidation sites excluding steroid dienone is 2. The Hall–Kier alpha value is -3.59. The maximum absolute atomic E-state index is 12.2. The number of ether oxygens (including phenoxy) is 2. The van der Waals surface area contributed by atoms with Gasteiger partial charge in [0.2, 0.25) is 0 Å². The summed E-state index contributed by atoms with van der Waals surface area (Å²) in [5.41, 5.74) is 3.97. The number of hydrogen-bond donors (Lipinski definition) is 0. The van der Waals surface area contributed by atoms with Crippen molar-refractivity contribution in [3.63, 3.8) is 0 Å². The molecule has 45 heavy (non-hydrogen) atoms. The Morgan fingerprint density at radius 2 is 0.933 bits per heavy atom. The van der Waals surface area contributed by atoms with Crippen molar-refractivity contribution >= 4 is 17.4 Å². The molecule has 0 fully saturated rings. The Morgan fingerprint density at radius 1 is 0.533 bits per heavy atom. The molecule has 0 atom stereocenters. The summed E-state index contributed by atoms with van der Waals surface area (Å²) < 4.78 is 11.8. The fourth-order valence-electron chi connectivity index (χ4n) is 5.44. The van der Waals surface area contributed by atoms with Crippen molar-refractivity contribution in [1.29, 1.82) is 0 Å². The molecule has 0 heterocycles. The number of unbranched alkanes of at least 4 members (excludes halogenated alkanes) is 15. The van der Waals surface area contributed by atoms with Crippen LogP contribution in [0, 0.1) is 0 Å². The van der Waals surface area contributed by atoms with E-state index in [-0.39, 0.29) is 5.78 Å². The number of carbonyl (C=O) groups excluding carboxylic acids is 1. The van der Waals surface area contributed by atoms with Crippen LogP contribution < -0.4 is 9.47 Å². The van der Waals surface area contributed by atoms with E-state index in [1.54, 1.807) is 6.08 Å². The van der Waals surface area contributed by atoms with Crippen LogP contribution in [0.5, 0.6) is 11.5 Å². The summed E-state index contributed by atoms with van der Waals surface area (Å²) in [6.45, 7) is 7.59. The molecule has 0 aliphatic carbocycles. The predicted octanol–water partition coefficient (Wildman–Crippen LogP) is 12.3. The molecule has 0 N–H and O–H groups in total. The van der Waals surface area contributed by atoms with Gasteiger partial charge in [-0.3, -0.25) is 4.79 Å². The molecule has 3 heteroatoms. The minimum Gasteiger partial charge on any atom is -0.494 e. The first-order valence-electron chi connectivity index (χ1n) is 17.5. The Labute approximate surface area is 273 Å². The maximum Gasteiger partial charge on any atom is 0.185 e. The first-order chi connectivity index (χ1) is 22.1. The quantitative estimate of drug-likeness (QED) is 0.0545. The van der Waals surface area contributed by atoms with Crippen molar-refractivity contribution in [2.75, 3.05) is 13.2 Å². The standard InChI is InChI=1S/C42H56O3/c1-36(2)38-27-31-41(32-28-38)45-35-21-16-14-12-10-8-6-4-3-5-7-9-11-13-15-20-34-44-40-29-24-37(25-30-40)26-33-42(43)39-22-18-17-19-23-39/h17-19,22-33H,1,3-16,20-21,34-35H2,2H3. The van der Waals surface area contributed by atoms with Gasteiger partial charge in [-0.25, -0.2) is 0 Å². The van der Waals surface area contributed by atoms with Crippen molar-refractivity contribution in [2.24, 2.45) is 0 Å². The molecule has 3 aromatic carbocycles. The lowest BCUT2D eigenvalue weighted by molar-refractivity contribution is 0.104. The molecule has 0 saturated heterocycles. The van der Waals surface area contributed by atoms with Crippen molar-refractivity contribution < 1.29 is 14.3 Å². The van der Waals surface area contributed by atoms with Crippen LogP contribution in [0.15, 0.2) is 91.5 Å². The summed E-state index contributed by atoms with van der Waals surface area (Å²) in [4.78, 5) is 12.2. The predicted molar refractivity (Wildman–Crippen MR) is 192 cm³/mol. The molecule has 3 rings (SSSR count). The summed E-state index contributed by atoms with van der Waals surface area (Å²) in [6.07, 6.45) is 24.7. The lowest BCUT2D eigenvalue weighted by Crippen LogP contribution is -1.97. The van der Waals surface area contributed by atoms with Crippen LogP contribution >= 0.6 is 0 Å². The third kappa shape index (κ3) is 16.3. The van der Waals surface area contributed by atoms with E-state index in [1.165, 1.54) is 95.5 Å². The van der Waals surface area contributed by atoms with Gasteiger partial charge in [0.1, 0.15) is 11.5 Å². The summed E-state index contributed by atoms with van der Waals surface area (Å²) in [6, 6.07) is 25.6. The zero-order valence-corrected chi connectivity index (χ0v) is 27.8. The van der Waals surface area contributed by atoms with Crippen LogP contribution in [0.2, 0.25) is 0 Å². The molecule has 0 amide bonds. The van der Waals surface area contributed by atoms with Crippen LogP contribution in [-0.2, 0) is 0 Å². The first-order valence-corrected chi connectivity index (χ1v) is 17.5. The Kier molecular flexibility index (Phi) is 18.2. The molecule has 0 radical (unpaired) electrons. The van der Waals surface area contributed by atoms with Gasteiger partial charge in [0.15, 0.2) is 5.78 Å². The summed E-state index contributed by atoms with van der Waals surface area (Å²) in [7, 11) is 0. The molecule has 0 aliphatic heterocycles. The molecule has 3 aromatic rings. The third-order valence-electron chi connectivity index (χ3n) is 8.29. The number of carbonyl (C=O) groups is 1. The van der Waals surface area contributed by atoms with Crippen LogP contribution in [0.4, 0.5) is 0 Å². The molecular formula is C42H56O3. The van der Waals surface area contributed by atoms with E-state index in [4.69, 9.17) is 9.47 Å². The van der Waals surface area contributed by atoms with E-state index in [2.05, 4.69) is 18.7 Å². The van der Waals surface area contributed by atoms with E-state index in [1.807, 2.05) is 79.7 Å². The zero-order valence-electron chi connectivity index (χ0n) is 27.8. The number of benzene rings is 3. The van der Waals surface area contributed by atoms with E-state index in [0.29, 0.717) is 5.56 Å². The fraction of sp³-hybridized carbons (Fsp3) is 0.452. The van der Waals surface area contributed by atoms with Gasteiger partial charge in [-0.2, -0.15) is 0 Å². The second-order valence-corrected chi connectivity index (χ2v) is 12.3. The molecule has 0 unspecified atom stereocenters. The Bertz CT molecular complexity index is 1230. The lowest BCUT2D eigenvalue weighted by atomic mass is 10.0. The van der Waals surface area contributed by atoms with E-state index < -0.39 is 0 Å². The topological polar surface area (TPSA) is 35.5 Å². The maximum atomic E-state index is 12.2. The Morgan fingerprint density at radius 3 is 1.36 bits per heavy atom. The lowest BCUT2D eigenvalue weighted by Gasteiger charge is -2.07. The van der Waals surface area contributed by atoms with Crippen LogP contribution in [0.3, 0.4) is 0 Å². The van der Waals surface area contributed by atoms with Crippen molar-refractivity contribution in [2.45, 2.75) is 110 Å². The molecular weight excluding hydrogens is 552 g/mol. The van der Waals surface area contributed by atoms with Gasteiger partial charge in [-0.15, -0.1) is 0 Å². The van der Waals surface area contributed by atoms with Gasteiger partial charge in [0.05, 0.1) is 13.2 Å². The second-order valence-electron chi connectivity index (χ2n) is 12.3. The van der Waals surface area contributed by atoms with E-state index in [0.717, 1.165) is 48.7 Å². The highest BCUT2D eigenvalue weighted by atomic mass is 16.5. The molecule has 0 saturated carbocycles. The minimum atomic E-state index is 0.0178. The minimum absolute atomic E-state index is 0.0178. The summed E-state index contributed by atoms with van der Waals surface area (Å²) >= 11 is 0. The van der Waals surface area contributed by atoms with Gasteiger partial charge in [0.25, 0.3) is 0 Å². The van der Waals surface area contributed by atoms with Crippen molar-refractivity contribution in [3.8, 4) is 11.5 Å². The molecule has 0 aliphatic rings. The van der Waals surface area contributed by atoms with Gasteiger partial charge in [-0.05, 0) is 61.2 Å². The highest BCUT2D eigenvalue weighted by Gasteiger charge is 2.01. The fourth-order valence-corrected chi connectivity index (χ4v) is 5.44. The first kappa shape index (κ1) is 35.9. The number of ketones is 1. The number of hydrogen-bond acceptors (Lipinski definition) is 3. The van der Waals surface area contributed by atoms with Crippen molar-refractivity contribution in [1.82, 2.24) is 0 Å². The highest BCUT2D eigenvalue weighted by molar-refractivity contribution is 6.06. The van der Waals surface area contributed by atoms with Crippen LogP contribution in [-0.4, -0.2) is 19.0 Å². The average molecular weight is 609 g/mol. The van der Waals surface area contributed by atoms with Crippen molar-refractivity contribution in [3.05, 3.63) is 108 Å². The average Bonchev–Trinajstić information content (AvgIpc) is 3.07. The molecule has 0 spiro atoms. The molecule has 0 bridgehead atoms. The summed E-state index contributed by atoms with van der Waals surface area (Å²) in [5, 5.41) is 0. The van der Waals surface area contributed by atoms with Gasteiger partial charge in [-0.1, -0.05) is 163 Å². The molecule has 242 valence electrons. The monoisotopic (exact) mass is 608 g/mol. The molecule has 3 nitrogen and oxygen atoms in total. The Balaban J connectivity index is 1.03. The van der Waals surface area contributed by atoms with Crippen LogP contribution in [0.1, 0.15) is 131 Å². The second kappa shape index (κ2) is 22.8. The third-order valence-corrected chi connectivity index (χ3v) is 8.29. The molecule has 0 aromatic heterocycles. The smallest absolute Gasteiger partial charge is 0.185 e. The largest absolute Gasteiger partial charge is 0.494 e. The SMILES string of the molecule is C=C(C)c1ccc(OCCCCCCCCCCCCCCCCCCOc2ccc(C=CC(=O)c3ccccc3)cc2)cc1. The van der Waals surface area contributed by atoms with E-state index in [9.17, 15) is 4.79 Å². The van der Waals surface area contributed by atoms with Crippen LogP contribution in [0.25, 0.3) is 11.6 Å². The zero-order chi connectivity index (χ0) is 31.8. The summed E-state index contributed by atoms with van der Waals surface area (Å²) in [5.74, 6) is 1.87. The van der Waals surface area contributed by atoms with E-state index >= 15 is 0 Å². The van der Waals surface area contributed by atoms with Gasteiger partial charge < -0.3 is 9.47 Å². The van der Waals surface area contributed by atoms with Gasteiger partial charge in [0, 0.05) is 5.56 Å². The normalized spacial score (nSPS) is 11.1. The number of rotatable bonds is 25.